The molecular formula is C27H23NO3. The molecule has 4 nitrogen and oxygen atoms in total. The minimum atomic E-state index is -0.436. The molecule has 154 valence electrons. The summed E-state index contributed by atoms with van der Waals surface area (Å²) in [5.41, 5.74) is 3.89. The number of ketones is 1. The van der Waals surface area contributed by atoms with Crippen LogP contribution >= 0.6 is 0 Å². The molecule has 0 unspecified atom stereocenters. The van der Waals surface area contributed by atoms with Gasteiger partial charge in [0.05, 0.1) is 13.1 Å². The summed E-state index contributed by atoms with van der Waals surface area (Å²) in [7, 11) is 0. The van der Waals surface area contributed by atoms with Crippen LogP contribution in [0.1, 0.15) is 16.7 Å². The van der Waals surface area contributed by atoms with Gasteiger partial charge in [0.2, 0.25) is 0 Å². The number of benzene rings is 3. The number of likely N-dealkylation sites (tertiary alicyclic amines) is 1. The van der Waals surface area contributed by atoms with Crippen molar-refractivity contribution >= 4 is 24.0 Å². The first-order chi connectivity index (χ1) is 15.2. The summed E-state index contributed by atoms with van der Waals surface area (Å²) in [4.78, 5) is 27.6. The predicted octanol–water partition coefficient (Wildman–Crippen LogP) is 5.38. The molecule has 1 amide bonds. The van der Waals surface area contributed by atoms with Gasteiger partial charge < -0.3 is 4.74 Å². The fourth-order valence-corrected chi connectivity index (χ4v) is 3.48. The molecule has 0 N–H and O–H groups in total. The lowest BCUT2D eigenvalue weighted by Gasteiger charge is -2.29. The van der Waals surface area contributed by atoms with E-state index in [1.807, 2.05) is 103 Å². The summed E-state index contributed by atoms with van der Waals surface area (Å²) < 4.78 is 5.52. The largest absolute Gasteiger partial charge is 0.445 e. The SMILES string of the molecule is O=C1/C(=C\c2ccccc2)CN(C(=O)OCc2ccccc2)C/C1=C\c1ccccc1. The summed E-state index contributed by atoms with van der Waals surface area (Å²) >= 11 is 0. The van der Waals surface area contributed by atoms with Crippen molar-refractivity contribution in [3.05, 3.63) is 119 Å². The van der Waals surface area contributed by atoms with Crippen LogP contribution in [0.4, 0.5) is 4.79 Å². The van der Waals surface area contributed by atoms with E-state index in [0.717, 1.165) is 16.7 Å². The highest BCUT2D eigenvalue weighted by molar-refractivity contribution is 6.15. The van der Waals surface area contributed by atoms with E-state index in [4.69, 9.17) is 4.74 Å². The third-order valence-corrected chi connectivity index (χ3v) is 5.05. The Morgan fingerprint density at radius 1 is 0.742 bits per heavy atom. The smallest absolute Gasteiger partial charge is 0.410 e. The van der Waals surface area contributed by atoms with Crippen molar-refractivity contribution in [1.29, 1.82) is 0 Å². The number of rotatable bonds is 4. The molecule has 1 heterocycles. The van der Waals surface area contributed by atoms with E-state index in [1.165, 1.54) is 0 Å². The van der Waals surface area contributed by atoms with Crippen LogP contribution in [0.5, 0.6) is 0 Å². The Bertz CT molecular complexity index is 1040. The van der Waals surface area contributed by atoms with Gasteiger partial charge in [-0.1, -0.05) is 91.0 Å². The van der Waals surface area contributed by atoms with E-state index in [1.54, 1.807) is 4.90 Å². The first-order valence-electron chi connectivity index (χ1n) is 10.2. The zero-order valence-electron chi connectivity index (χ0n) is 17.1. The molecule has 0 atom stereocenters. The van der Waals surface area contributed by atoms with Crippen molar-refractivity contribution < 1.29 is 14.3 Å². The molecular weight excluding hydrogens is 386 g/mol. The molecule has 0 aromatic heterocycles. The molecule has 0 saturated carbocycles. The van der Waals surface area contributed by atoms with Crippen molar-refractivity contribution in [3.8, 4) is 0 Å². The van der Waals surface area contributed by atoms with E-state index >= 15 is 0 Å². The van der Waals surface area contributed by atoms with Gasteiger partial charge in [-0.3, -0.25) is 9.69 Å². The molecule has 3 aromatic rings. The summed E-state index contributed by atoms with van der Waals surface area (Å²) in [6, 6.07) is 28.9. The van der Waals surface area contributed by atoms with Crippen molar-refractivity contribution in [1.82, 2.24) is 4.90 Å². The van der Waals surface area contributed by atoms with Gasteiger partial charge in [0.25, 0.3) is 0 Å². The van der Waals surface area contributed by atoms with Crippen molar-refractivity contribution in [2.24, 2.45) is 0 Å². The van der Waals surface area contributed by atoms with E-state index in [-0.39, 0.29) is 25.5 Å². The molecule has 1 aliphatic rings. The Morgan fingerprint density at radius 2 is 1.19 bits per heavy atom. The molecule has 0 spiro atoms. The van der Waals surface area contributed by atoms with Gasteiger partial charge in [-0.2, -0.15) is 0 Å². The maximum Gasteiger partial charge on any atom is 0.410 e. The number of amides is 1. The van der Waals surface area contributed by atoms with Gasteiger partial charge in [0.1, 0.15) is 6.61 Å². The molecule has 4 heteroatoms. The molecule has 0 bridgehead atoms. The molecule has 0 radical (unpaired) electrons. The van der Waals surface area contributed by atoms with Gasteiger partial charge in [-0.05, 0) is 28.8 Å². The lowest BCUT2D eigenvalue weighted by molar-refractivity contribution is -0.113. The molecule has 1 fully saturated rings. The van der Waals surface area contributed by atoms with Gasteiger partial charge in [-0.25, -0.2) is 4.79 Å². The van der Waals surface area contributed by atoms with Crippen LogP contribution < -0.4 is 0 Å². The standard InChI is InChI=1S/C27H23NO3/c29-26-24(16-21-10-4-1-5-11-21)18-28(19-25(26)17-22-12-6-2-7-13-22)27(30)31-20-23-14-8-3-9-15-23/h1-17H,18-20H2/b24-16-,25-17+. The first-order valence-corrected chi connectivity index (χ1v) is 10.2. The van der Waals surface area contributed by atoms with Gasteiger partial charge >= 0.3 is 6.09 Å². The fraction of sp³-hybridized carbons (Fsp3) is 0.111. The fourth-order valence-electron chi connectivity index (χ4n) is 3.48. The second-order valence-corrected chi connectivity index (χ2v) is 7.39. The van der Waals surface area contributed by atoms with Crippen molar-refractivity contribution in [2.75, 3.05) is 13.1 Å². The Hall–Kier alpha value is -3.92. The molecule has 1 saturated heterocycles. The van der Waals surface area contributed by atoms with Gasteiger partial charge in [0, 0.05) is 11.1 Å². The predicted molar refractivity (Wildman–Crippen MR) is 122 cm³/mol. The van der Waals surface area contributed by atoms with Gasteiger partial charge in [0.15, 0.2) is 5.78 Å². The number of Topliss-reactive ketones (excluding diaryl/α,β-unsaturated/α-hetero) is 1. The number of ether oxygens (including phenoxy) is 1. The lowest BCUT2D eigenvalue weighted by Crippen LogP contribution is -2.41. The molecule has 4 rings (SSSR count). The number of carbonyl (C=O) groups excluding carboxylic acids is 2. The van der Waals surface area contributed by atoms with Crippen LogP contribution in [0.15, 0.2) is 102 Å². The normalized spacial score (nSPS) is 16.5. The maximum absolute atomic E-state index is 13.2. The minimum Gasteiger partial charge on any atom is -0.445 e. The first kappa shape index (κ1) is 20.4. The second-order valence-electron chi connectivity index (χ2n) is 7.39. The third-order valence-electron chi connectivity index (χ3n) is 5.05. The number of carbonyl (C=O) groups is 2. The number of hydrogen-bond donors (Lipinski definition) is 0. The Balaban J connectivity index is 1.59. The zero-order chi connectivity index (χ0) is 21.5. The van der Waals surface area contributed by atoms with E-state index < -0.39 is 6.09 Å². The topological polar surface area (TPSA) is 46.6 Å². The maximum atomic E-state index is 13.2. The molecule has 0 aliphatic carbocycles. The number of nitrogens with zero attached hydrogens (tertiary/aromatic N) is 1. The Labute approximate surface area is 182 Å². The van der Waals surface area contributed by atoms with Crippen LogP contribution in [-0.4, -0.2) is 29.9 Å². The zero-order valence-corrected chi connectivity index (χ0v) is 17.1. The highest BCUT2D eigenvalue weighted by atomic mass is 16.6. The van der Waals surface area contributed by atoms with E-state index in [9.17, 15) is 9.59 Å². The highest BCUT2D eigenvalue weighted by Crippen LogP contribution is 2.23. The average molecular weight is 409 g/mol. The minimum absolute atomic E-state index is 0.0418. The monoisotopic (exact) mass is 409 g/mol. The Kier molecular flexibility index (Phi) is 6.38. The van der Waals surface area contributed by atoms with E-state index in [2.05, 4.69) is 0 Å². The van der Waals surface area contributed by atoms with Crippen LogP contribution in [0.2, 0.25) is 0 Å². The summed E-state index contributed by atoms with van der Waals surface area (Å²) in [5.74, 6) is -0.0418. The van der Waals surface area contributed by atoms with E-state index in [0.29, 0.717) is 11.1 Å². The molecule has 31 heavy (non-hydrogen) atoms. The summed E-state index contributed by atoms with van der Waals surface area (Å²) in [6.45, 7) is 0.626. The lowest BCUT2D eigenvalue weighted by atomic mass is 9.94. The van der Waals surface area contributed by atoms with Crippen LogP contribution in [0.3, 0.4) is 0 Å². The molecule has 1 aliphatic heterocycles. The van der Waals surface area contributed by atoms with Crippen molar-refractivity contribution in [3.63, 3.8) is 0 Å². The summed E-state index contributed by atoms with van der Waals surface area (Å²) in [6.07, 6.45) is 3.25. The highest BCUT2D eigenvalue weighted by Gasteiger charge is 2.30. The quantitative estimate of drug-likeness (QED) is 0.544. The summed E-state index contributed by atoms with van der Waals surface area (Å²) in [5, 5.41) is 0. The van der Waals surface area contributed by atoms with Gasteiger partial charge in [-0.15, -0.1) is 0 Å². The number of hydrogen-bond acceptors (Lipinski definition) is 3. The van der Waals surface area contributed by atoms with Crippen LogP contribution in [-0.2, 0) is 16.1 Å². The Morgan fingerprint density at radius 3 is 1.68 bits per heavy atom. The number of piperidine rings is 1. The van der Waals surface area contributed by atoms with Crippen LogP contribution in [0, 0.1) is 0 Å². The van der Waals surface area contributed by atoms with Crippen LogP contribution in [0.25, 0.3) is 12.2 Å². The average Bonchev–Trinajstić information content (AvgIpc) is 2.82. The molecule has 3 aromatic carbocycles. The van der Waals surface area contributed by atoms with Crippen molar-refractivity contribution in [2.45, 2.75) is 6.61 Å². The third kappa shape index (κ3) is 5.37. The second kappa shape index (κ2) is 9.72.